The fraction of sp³-hybridized carbons (Fsp3) is 0.294. The van der Waals surface area contributed by atoms with Crippen LogP contribution in [0, 0.1) is 0 Å². The molecular formula is C17H20ClN3O2S. The minimum atomic E-state index is -3.69. The van der Waals surface area contributed by atoms with Crippen LogP contribution < -0.4 is 15.4 Å². The summed E-state index contributed by atoms with van der Waals surface area (Å²) in [4.78, 5) is 2.36. The van der Waals surface area contributed by atoms with E-state index >= 15 is 0 Å². The molecule has 3 N–H and O–H groups in total. The predicted octanol–water partition coefficient (Wildman–Crippen LogP) is 3.71. The van der Waals surface area contributed by atoms with Gasteiger partial charge in [-0.05, 0) is 61.7 Å². The Balaban J connectivity index is 1.83. The Morgan fingerprint density at radius 1 is 1.00 bits per heavy atom. The van der Waals surface area contributed by atoms with Crippen molar-refractivity contribution >= 4 is 38.7 Å². The third-order valence-corrected chi connectivity index (χ3v) is 5.73. The molecule has 0 bridgehead atoms. The zero-order chi connectivity index (χ0) is 17.2. The summed E-state index contributed by atoms with van der Waals surface area (Å²) in [7, 11) is -3.69. The lowest BCUT2D eigenvalue weighted by atomic mass is 10.1. The predicted molar refractivity (Wildman–Crippen MR) is 99.2 cm³/mol. The average Bonchev–Trinajstić information content (AvgIpc) is 2.57. The summed E-state index contributed by atoms with van der Waals surface area (Å²) in [5.74, 6) is 0. The van der Waals surface area contributed by atoms with Crippen molar-refractivity contribution in [2.45, 2.75) is 24.2 Å². The zero-order valence-corrected chi connectivity index (χ0v) is 14.8. The van der Waals surface area contributed by atoms with Crippen molar-refractivity contribution < 1.29 is 8.42 Å². The molecule has 0 unspecified atom stereocenters. The molecule has 2 aromatic rings. The lowest BCUT2D eigenvalue weighted by molar-refractivity contribution is 0.578. The maximum atomic E-state index is 12.5. The number of piperidine rings is 1. The second-order valence-corrected chi connectivity index (χ2v) is 8.00. The maximum absolute atomic E-state index is 12.5. The number of nitrogens with one attached hydrogen (secondary N) is 1. The van der Waals surface area contributed by atoms with E-state index in [4.69, 9.17) is 17.3 Å². The van der Waals surface area contributed by atoms with Crippen LogP contribution in [0.15, 0.2) is 47.4 Å². The van der Waals surface area contributed by atoms with Crippen LogP contribution in [0.25, 0.3) is 0 Å². The van der Waals surface area contributed by atoms with Crippen LogP contribution in [0.4, 0.5) is 17.1 Å². The SMILES string of the molecule is Nc1cc(S(=O)(=O)Nc2ccc(Cl)cc2)ccc1N1CCCCC1. The van der Waals surface area contributed by atoms with Gasteiger partial charge in [0.2, 0.25) is 0 Å². The Morgan fingerprint density at radius 2 is 1.67 bits per heavy atom. The van der Waals surface area contributed by atoms with E-state index in [1.165, 1.54) is 12.5 Å². The highest BCUT2D eigenvalue weighted by molar-refractivity contribution is 7.92. The fourth-order valence-electron chi connectivity index (χ4n) is 2.85. The van der Waals surface area contributed by atoms with Crippen molar-refractivity contribution in [2.24, 2.45) is 0 Å². The summed E-state index contributed by atoms with van der Waals surface area (Å²) < 4.78 is 27.6. The Labute approximate surface area is 147 Å². The van der Waals surface area contributed by atoms with Crippen molar-refractivity contribution in [3.63, 3.8) is 0 Å². The van der Waals surface area contributed by atoms with Crippen LogP contribution in [-0.4, -0.2) is 21.5 Å². The largest absolute Gasteiger partial charge is 0.397 e. The lowest BCUT2D eigenvalue weighted by Gasteiger charge is -2.30. The third-order valence-electron chi connectivity index (χ3n) is 4.10. The summed E-state index contributed by atoms with van der Waals surface area (Å²) >= 11 is 5.81. The molecule has 5 nitrogen and oxygen atoms in total. The molecule has 1 heterocycles. The summed E-state index contributed by atoms with van der Waals surface area (Å²) in [5, 5.41) is 0.549. The minimum absolute atomic E-state index is 0.149. The highest BCUT2D eigenvalue weighted by Crippen LogP contribution is 2.29. The van der Waals surface area contributed by atoms with Gasteiger partial charge in [0.15, 0.2) is 0 Å². The van der Waals surface area contributed by atoms with E-state index in [0.717, 1.165) is 31.6 Å². The minimum Gasteiger partial charge on any atom is -0.397 e. The molecule has 2 aromatic carbocycles. The van der Waals surface area contributed by atoms with Gasteiger partial charge in [0.1, 0.15) is 0 Å². The van der Waals surface area contributed by atoms with Crippen LogP contribution in [-0.2, 0) is 10.0 Å². The second-order valence-electron chi connectivity index (χ2n) is 5.88. The van der Waals surface area contributed by atoms with E-state index in [1.54, 1.807) is 36.4 Å². The standard InChI is InChI=1S/C17H20ClN3O2S/c18-13-4-6-14(7-5-13)20-24(22,23)15-8-9-17(16(19)12-15)21-10-2-1-3-11-21/h4-9,12,20H,1-3,10-11,19H2. The number of hydrogen-bond donors (Lipinski definition) is 2. The normalized spacial score (nSPS) is 15.3. The van der Waals surface area contributed by atoms with E-state index in [1.807, 2.05) is 0 Å². The van der Waals surface area contributed by atoms with E-state index < -0.39 is 10.0 Å². The molecule has 0 atom stereocenters. The third kappa shape index (κ3) is 3.76. The Hall–Kier alpha value is -1.92. The molecule has 0 radical (unpaired) electrons. The average molecular weight is 366 g/mol. The lowest BCUT2D eigenvalue weighted by Crippen LogP contribution is -2.30. The van der Waals surface area contributed by atoms with Gasteiger partial charge < -0.3 is 10.6 Å². The number of nitrogen functional groups attached to an aromatic ring is 1. The van der Waals surface area contributed by atoms with Gasteiger partial charge in [0, 0.05) is 23.8 Å². The van der Waals surface area contributed by atoms with Gasteiger partial charge in [0.05, 0.1) is 16.3 Å². The molecule has 1 aliphatic heterocycles. The summed E-state index contributed by atoms with van der Waals surface area (Å²) in [6.45, 7) is 1.92. The fourth-order valence-corrected chi connectivity index (χ4v) is 4.07. The molecule has 0 saturated carbocycles. The van der Waals surface area contributed by atoms with Crippen molar-refractivity contribution in [3.05, 3.63) is 47.5 Å². The highest BCUT2D eigenvalue weighted by Gasteiger charge is 2.18. The first-order chi connectivity index (χ1) is 11.5. The Bertz CT molecular complexity index is 816. The zero-order valence-electron chi connectivity index (χ0n) is 13.2. The monoisotopic (exact) mass is 365 g/mol. The molecular weight excluding hydrogens is 346 g/mol. The molecule has 1 aliphatic rings. The van der Waals surface area contributed by atoms with E-state index in [9.17, 15) is 8.42 Å². The Kier molecular flexibility index (Phi) is 4.87. The number of halogens is 1. The van der Waals surface area contributed by atoms with Gasteiger partial charge in [-0.25, -0.2) is 8.42 Å². The van der Waals surface area contributed by atoms with Gasteiger partial charge in [0.25, 0.3) is 10.0 Å². The van der Waals surface area contributed by atoms with E-state index in [-0.39, 0.29) is 4.90 Å². The van der Waals surface area contributed by atoms with Crippen molar-refractivity contribution in [3.8, 4) is 0 Å². The van der Waals surface area contributed by atoms with Gasteiger partial charge in [-0.15, -0.1) is 0 Å². The van der Waals surface area contributed by atoms with Crippen LogP contribution in [0.1, 0.15) is 19.3 Å². The van der Waals surface area contributed by atoms with Crippen LogP contribution in [0.3, 0.4) is 0 Å². The summed E-state index contributed by atoms with van der Waals surface area (Å²) in [5.41, 5.74) is 7.95. The Morgan fingerprint density at radius 3 is 2.29 bits per heavy atom. The van der Waals surface area contributed by atoms with E-state index in [2.05, 4.69) is 9.62 Å². The first-order valence-electron chi connectivity index (χ1n) is 7.88. The molecule has 0 aromatic heterocycles. The highest BCUT2D eigenvalue weighted by atomic mass is 35.5. The molecule has 1 saturated heterocycles. The second kappa shape index (κ2) is 6.91. The number of nitrogens with two attached hydrogens (primary N) is 1. The van der Waals surface area contributed by atoms with Crippen molar-refractivity contribution in [1.82, 2.24) is 0 Å². The molecule has 0 spiro atoms. The maximum Gasteiger partial charge on any atom is 0.261 e. The van der Waals surface area contributed by atoms with E-state index in [0.29, 0.717) is 16.4 Å². The first kappa shape index (κ1) is 16.9. The van der Waals surface area contributed by atoms with Crippen LogP contribution >= 0.6 is 11.6 Å². The van der Waals surface area contributed by atoms with Gasteiger partial charge in [-0.3, -0.25) is 4.72 Å². The molecule has 0 aliphatic carbocycles. The number of sulfonamides is 1. The quantitative estimate of drug-likeness (QED) is 0.810. The molecule has 7 heteroatoms. The number of nitrogens with zero attached hydrogens (tertiary/aromatic N) is 1. The number of benzene rings is 2. The number of hydrogen-bond acceptors (Lipinski definition) is 4. The van der Waals surface area contributed by atoms with Gasteiger partial charge >= 0.3 is 0 Å². The molecule has 3 rings (SSSR count). The summed E-state index contributed by atoms with van der Waals surface area (Å²) in [6, 6.07) is 11.4. The van der Waals surface area contributed by atoms with Gasteiger partial charge in [-0.1, -0.05) is 11.6 Å². The topological polar surface area (TPSA) is 75.4 Å². The number of anilines is 3. The van der Waals surface area contributed by atoms with Crippen molar-refractivity contribution in [1.29, 1.82) is 0 Å². The molecule has 24 heavy (non-hydrogen) atoms. The van der Waals surface area contributed by atoms with Gasteiger partial charge in [-0.2, -0.15) is 0 Å². The molecule has 1 fully saturated rings. The van der Waals surface area contributed by atoms with Crippen molar-refractivity contribution in [2.75, 3.05) is 28.4 Å². The smallest absolute Gasteiger partial charge is 0.261 e. The number of rotatable bonds is 4. The first-order valence-corrected chi connectivity index (χ1v) is 9.75. The van der Waals surface area contributed by atoms with Crippen LogP contribution in [0.2, 0.25) is 5.02 Å². The summed E-state index contributed by atoms with van der Waals surface area (Å²) in [6.07, 6.45) is 3.50. The molecule has 128 valence electrons. The van der Waals surface area contributed by atoms with Crippen LogP contribution in [0.5, 0.6) is 0 Å². The molecule has 0 amide bonds.